The third-order valence-electron chi connectivity index (χ3n) is 2.78. The van der Waals surface area contributed by atoms with Gasteiger partial charge in [0.1, 0.15) is 0 Å². The minimum atomic E-state index is -0.456. The van der Waals surface area contributed by atoms with E-state index >= 15 is 0 Å². The Morgan fingerprint density at radius 2 is 2.26 bits per heavy atom. The third-order valence-corrected chi connectivity index (χ3v) is 2.78. The van der Waals surface area contributed by atoms with E-state index in [0.29, 0.717) is 17.9 Å². The van der Waals surface area contributed by atoms with Crippen LogP contribution in [0.4, 0.5) is 17.1 Å². The summed E-state index contributed by atoms with van der Waals surface area (Å²) in [4.78, 5) is 10.3. The van der Waals surface area contributed by atoms with Crippen molar-refractivity contribution in [1.29, 1.82) is 0 Å². The van der Waals surface area contributed by atoms with Gasteiger partial charge in [0.2, 0.25) is 0 Å². The van der Waals surface area contributed by atoms with Gasteiger partial charge >= 0.3 is 0 Å². The molecule has 0 aliphatic rings. The summed E-state index contributed by atoms with van der Waals surface area (Å²) in [5, 5.41) is 17.9. The predicted molar refractivity (Wildman–Crippen MR) is 72.9 cm³/mol. The fraction of sp³-hybridized carbons (Fsp3) is 0.250. The Hall–Kier alpha value is -2.57. The molecule has 0 aliphatic heterocycles. The predicted octanol–water partition coefficient (Wildman–Crippen LogP) is 1.57. The monoisotopic (exact) mass is 261 g/mol. The normalized spacial score (nSPS) is 10.4. The number of anilines is 2. The molecule has 0 fully saturated rings. The maximum atomic E-state index is 10.7. The molecule has 2 aromatic rings. The molecule has 100 valence electrons. The van der Waals surface area contributed by atoms with Gasteiger partial charge in [-0.3, -0.25) is 14.8 Å². The topological polar surface area (TPSA) is 99.0 Å². The number of hydrogen-bond acceptors (Lipinski definition) is 5. The van der Waals surface area contributed by atoms with Crippen molar-refractivity contribution in [3.8, 4) is 0 Å². The molecule has 1 aromatic heterocycles. The number of nitrogens with zero attached hydrogens (tertiary/aromatic N) is 3. The van der Waals surface area contributed by atoms with Crippen molar-refractivity contribution in [2.45, 2.75) is 6.42 Å². The van der Waals surface area contributed by atoms with Crippen molar-refractivity contribution < 1.29 is 4.92 Å². The molecule has 3 N–H and O–H groups in total. The van der Waals surface area contributed by atoms with Crippen LogP contribution in [0.15, 0.2) is 30.5 Å². The first-order chi connectivity index (χ1) is 9.06. The highest BCUT2D eigenvalue weighted by atomic mass is 16.6. The van der Waals surface area contributed by atoms with Crippen molar-refractivity contribution in [2.75, 3.05) is 17.6 Å². The molecular weight excluding hydrogens is 246 g/mol. The molecule has 0 aliphatic carbocycles. The summed E-state index contributed by atoms with van der Waals surface area (Å²) in [5.74, 6) is 0. The van der Waals surface area contributed by atoms with Crippen LogP contribution >= 0.6 is 0 Å². The highest BCUT2D eigenvalue weighted by molar-refractivity contribution is 5.61. The molecule has 0 spiro atoms. The third kappa shape index (κ3) is 3.21. The van der Waals surface area contributed by atoms with Gasteiger partial charge in [-0.25, -0.2) is 0 Å². The Kier molecular flexibility index (Phi) is 3.65. The van der Waals surface area contributed by atoms with Crippen LogP contribution in [0, 0.1) is 10.1 Å². The fourth-order valence-electron chi connectivity index (χ4n) is 1.82. The molecule has 7 heteroatoms. The molecule has 0 saturated carbocycles. The van der Waals surface area contributed by atoms with Gasteiger partial charge in [0.25, 0.3) is 5.69 Å². The Bertz CT molecular complexity index is 594. The van der Waals surface area contributed by atoms with E-state index in [-0.39, 0.29) is 5.69 Å². The minimum Gasteiger partial charge on any atom is -0.398 e. The van der Waals surface area contributed by atoms with E-state index < -0.39 is 4.92 Å². The SMILES string of the molecule is Cn1nccc1CCNc1cc(N)cc([N+](=O)[O-])c1. The summed E-state index contributed by atoms with van der Waals surface area (Å²) >= 11 is 0. The lowest BCUT2D eigenvalue weighted by molar-refractivity contribution is -0.384. The van der Waals surface area contributed by atoms with Gasteiger partial charge in [0.15, 0.2) is 0 Å². The smallest absolute Gasteiger partial charge is 0.273 e. The first kappa shape index (κ1) is 12.9. The van der Waals surface area contributed by atoms with Gasteiger partial charge in [-0.1, -0.05) is 0 Å². The molecule has 7 nitrogen and oxygen atoms in total. The number of nitrogen functional groups attached to an aromatic ring is 1. The fourth-order valence-corrected chi connectivity index (χ4v) is 1.82. The first-order valence-corrected chi connectivity index (χ1v) is 5.82. The number of hydrogen-bond donors (Lipinski definition) is 2. The lowest BCUT2D eigenvalue weighted by Gasteiger charge is -2.07. The van der Waals surface area contributed by atoms with Gasteiger partial charge in [0.05, 0.1) is 4.92 Å². The Balaban J connectivity index is 2.00. The molecule has 1 aromatic carbocycles. The minimum absolute atomic E-state index is 0.0111. The molecule has 0 amide bonds. The van der Waals surface area contributed by atoms with E-state index in [1.807, 2.05) is 13.1 Å². The summed E-state index contributed by atoms with van der Waals surface area (Å²) < 4.78 is 1.80. The van der Waals surface area contributed by atoms with Gasteiger partial charge in [-0.2, -0.15) is 5.10 Å². The second-order valence-corrected chi connectivity index (χ2v) is 4.19. The number of rotatable bonds is 5. The number of nitrogens with two attached hydrogens (primary N) is 1. The Labute approximate surface area is 110 Å². The largest absolute Gasteiger partial charge is 0.398 e. The van der Waals surface area contributed by atoms with Crippen LogP contribution < -0.4 is 11.1 Å². The molecule has 1 heterocycles. The van der Waals surface area contributed by atoms with Crippen LogP contribution in [0.25, 0.3) is 0 Å². The van der Waals surface area contributed by atoms with Crippen LogP contribution in [-0.4, -0.2) is 21.2 Å². The van der Waals surface area contributed by atoms with Crippen molar-refractivity contribution in [3.63, 3.8) is 0 Å². The first-order valence-electron chi connectivity index (χ1n) is 5.82. The lowest BCUT2D eigenvalue weighted by Crippen LogP contribution is -2.08. The van der Waals surface area contributed by atoms with Crippen LogP contribution in [-0.2, 0) is 13.5 Å². The molecule has 0 saturated heterocycles. The van der Waals surface area contributed by atoms with Crippen LogP contribution in [0.5, 0.6) is 0 Å². The Morgan fingerprint density at radius 3 is 2.89 bits per heavy atom. The van der Waals surface area contributed by atoms with E-state index in [1.165, 1.54) is 12.1 Å². The summed E-state index contributed by atoms with van der Waals surface area (Å²) in [6.07, 6.45) is 2.51. The van der Waals surface area contributed by atoms with E-state index in [9.17, 15) is 10.1 Å². The van der Waals surface area contributed by atoms with Crippen LogP contribution in [0.2, 0.25) is 0 Å². The zero-order chi connectivity index (χ0) is 13.8. The number of nitrogens with one attached hydrogen (secondary N) is 1. The van der Waals surface area contributed by atoms with Crippen molar-refractivity contribution in [1.82, 2.24) is 9.78 Å². The van der Waals surface area contributed by atoms with Crippen molar-refractivity contribution >= 4 is 17.1 Å². The average Bonchev–Trinajstić information content (AvgIpc) is 2.74. The quantitative estimate of drug-likeness (QED) is 0.483. The molecule has 0 atom stereocenters. The van der Waals surface area contributed by atoms with Crippen molar-refractivity contribution in [3.05, 3.63) is 46.3 Å². The van der Waals surface area contributed by atoms with Crippen molar-refractivity contribution in [2.24, 2.45) is 7.05 Å². The molecule has 2 rings (SSSR count). The molecule has 19 heavy (non-hydrogen) atoms. The summed E-state index contributed by atoms with van der Waals surface area (Å²) in [7, 11) is 1.88. The number of non-ortho nitro benzene ring substituents is 1. The standard InChI is InChI=1S/C12H15N5O2/c1-16-11(3-5-15-16)2-4-14-10-6-9(13)7-12(8-10)17(18)19/h3,5-8,14H,2,4,13H2,1H3. The number of aromatic nitrogens is 2. The van der Waals surface area contributed by atoms with Gasteiger partial charge in [-0.15, -0.1) is 0 Å². The summed E-state index contributed by atoms with van der Waals surface area (Å²) in [6, 6.07) is 6.42. The second kappa shape index (κ2) is 5.38. The van der Waals surface area contributed by atoms with Crippen LogP contribution in [0.3, 0.4) is 0 Å². The average molecular weight is 261 g/mol. The second-order valence-electron chi connectivity index (χ2n) is 4.19. The summed E-state index contributed by atoms with van der Waals surface area (Å²) in [5.41, 5.74) is 7.73. The maximum Gasteiger partial charge on any atom is 0.273 e. The number of aryl methyl sites for hydroxylation is 1. The van der Waals surface area contributed by atoms with E-state index in [2.05, 4.69) is 10.4 Å². The molecule has 0 unspecified atom stereocenters. The molecule has 0 radical (unpaired) electrons. The van der Waals surface area contributed by atoms with Crippen LogP contribution in [0.1, 0.15) is 5.69 Å². The number of nitro benzene ring substituents is 1. The highest BCUT2D eigenvalue weighted by Crippen LogP contribution is 2.22. The highest BCUT2D eigenvalue weighted by Gasteiger charge is 2.08. The number of nitro groups is 1. The van der Waals surface area contributed by atoms with Gasteiger partial charge in [-0.05, 0) is 12.1 Å². The lowest BCUT2D eigenvalue weighted by atomic mass is 10.2. The maximum absolute atomic E-state index is 10.7. The zero-order valence-corrected chi connectivity index (χ0v) is 10.5. The van der Waals surface area contributed by atoms with E-state index in [1.54, 1.807) is 16.9 Å². The van der Waals surface area contributed by atoms with Gasteiger partial charge in [0, 0.05) is 55.4 Å². The van der Waals surface area contributed by atoms with E-state index in [0.717, 1.165) is 12.1 Å². The summed E-state index contributed by atoms with van der Waals surface area (Å²) in [6.45, 7) is 0.653. The molecule has 0 bridgehead atoms. The van der Waals surface area contributed by atoms with E-state index in [4.69, 9.17) is 5.73 Å². The molecular formula is C12H15N5O2. The Morgan fingerprint density at radius 1 is 1.47 bits per heavy atom. The number of benzene rings is 1. The van der Waals surface area contributed by atoms with Gasteiger partial charge < -0.3 is 11.1 Å². The zero-order valence-electron chi connectivity index (χ0n) is 10.5.